The van der Waals surface area contributed by atoms with Crippen molar-refractivity contribution < 1.29 is 9.59 Å². The molecule has 0 fully saturated rings. The number of amidine groups is 1. The Morgan fingerprint density at radius 3 is 3.04 bits per heavy atom. The Kier molecular flexibility index (Phi) is 5.08. The third kappa shape index (κ3) is 4.15. The van der Waals surface area contributed by atoms with Crippen LogP contribution in [0.2, 0.25) is 0 Å². The molecule has 0 saturated carbocycles. The summed E-state index contributed by atoms with van der Waals surface area (Å²) >= 11 is 4.49. The van der Waals surface area contributed by atoms with E-state index in [-0.39, 0.29) is 23.1 Å². The third-order valence-electron chi connectivity index (χ3n) is 3.22. The Morgan fingerprint density at radius 2 is 2.30 bits per heavy atom. The Labute approximate surface area is 146 Å². The molecule has 3 rings (SSSR count). The standard InChI is InChI=1S/C14H16N4O2S3/c1-7-3-9-12(20)16-10(17-13(9)22-7)5-21-6-11(19)18-14-15-4-8(2)23-14/h3-4,9,13H,5-6H2,1-2H3,(H,15,18,19)(H,16,17,20)/t9-,13+/m1/s1. The number of aromatic nitrogens is 1. The number of fused-ring (bicyclic) bond motifs is 1. The Morgan fingerprint density at radius 1 is 1.48 bits per heavy atom. The lowest BCUT2D eigenvalue weighted by Crippen LogP contribution is -2.44. The van der Waals surface area contributed by atoms with E-state index in [1.165, 1.54) is 23.1 Å². The van der Waals surface area contributed by atoms with Crippen molar-refractivity contribution in [1.82, 2.24) is 10.3 Å². The molecule has 2 atom stereocenters. The lowest BCUT2D eigenvalue weighted by molar-refractivity contribution is -0.122. The van der Waals surface area contributed by atoms with Crippen LogP contribution in [0.4, 0.5) is 5.13 Å². The number of rotatable bonds is 5. The first kappa shape index (κ1) is 16.5. The first-order valence-corrected chi connectivity index (χ1v) is 9.89. The molecule has 0 unspecified atom stereocenters. The molecule has 122 valence electrons. The van der Waals surface area contributed by atoms with Gasteiger partial charge in [0.1, 0.15) is 11.2 Å². The number of carbonyl (C=O) groups excluding carboxylic acids is 2. The highest BCUT2D eigenvalue weighted by Gasteiger charge is 2.36. The third-order valence-corrected chi connectivity index (χ3v) is 6.14. The zero-order valence-corrected chi connectivity index (χ0v) is 15.1. The second-order valence-corrected chi connectivity index (χ2v) is 8.78. The van der Waals surface area contributed by atoms with Crippen LogP contribution >= 0.6 is 34.9 Å². The van der Waals surface area contributed by atoms with Crippen molar-refractivity contribution in [3.8, 4) is 0 Å². The fourth-order valence-corrected chi connectivity index (χ4v) is 4.76. The predicted molar refractivity (Wildman–Crippen MR) is 97.0 cm³/mol. The van der Waals surface area contributed by atoms with E-state index in [4.69, 9.17) is 0 Å². The fraction of sp³-hybridized carbons (Fsp3) is 0.429. The predicted octanol–water partition coefficient (Wildman–Crippen LogP) is 2.24. The van der Waals surface area contributed by atoms with Gasteiger partial charge in [-0.1, -0.05) is 6.08 Å². The summed E-state index contributed by atoms with van der Waals surface area (Å²) in [6.45, 7) is 3.93. The molecule has 0 bridgehead atoms. The summed E-state index contributed by atoms with van der Waals surface area (Å²) in [4.78, 5) is 34.7. The van der Waals surface area contributed by atoms with Crippen LogP contribution in [0.5, 0.6) is 0 Å². The van der Waals surface area contributed by atoms with Crippen LogP contribution in [0.1, 0.15) is 11.8 Å². The van der Waals surface area contributed by atoms with Crippen LogP contribution in [0.25, 0.3) is 0 Å². The average molecular weight is 369 g/mol. The summed E-state index contributed by atoms with van der Waals surface area (Å²) in [6.07, 6.45) is 3.69. The van der Waals surface area contributed by atoms with Crippen molar-refractivity contribution in [2.75, 3.05) is 16.8 Å². The van der Waals surface area contributed by atoms with Crippen LogP contribution in [0, 0.1) is 12.8 Å². The van der Waals surface area contributed by atoms with Gasteiger partial charge >= 0.3 is 0 Å². The van der Waals surface area contributed by atoms with E-state index >= 15 is 0 Å². The normalized spacial score (nSPS) is 23.0. The van der Waals surface area contributed by atoms with E-state index in [1.807, 2.05) is 19.9 Å². The van der Waals surface area contributed by atoms with Crippen molar-refractivity contribution in [3.63, 3.8) is 0 Å². The van der Waals surface area contributed by atoms with Crippen molar-refractivity contribution in [1.29, 1.82) is 0 Å². The lowest BCUT2D eigenvalue weighted by atomic mass is 10.1. The summed E-state index contributed by atoms with van der Waals surface area (Å²) in [7, 11) is 0. The molecule has 3 heterocycles. The van der Waals surface area contributed by atoms with Gasteiger partial charge in [-0.2, -0.15) is 0 Å². The molecule has 1 aromatic heterocycles. The summed E-state index contributed by atoms with van der Waals surface area (Å²) in [5, 5.41) is 6.15. The highest BCUT2D eigenvalue weighted by atomic mass is 32.2. The smallest absolute Gasteiger partial charge is 0.236 e. The molecule has 0 saturated heterocycles. The number of hydrogen-bond acceptors (Lipinski definition) is 7. The minimum Gasteiger partial charge on any atom is -0.313 e. The molecule has 2 aliphatic rings. The fourth-order valence-electron chi connectivity index (χ4n) is 2.24. The number of amides is 2. The highest BCUT2D eigenvalue weighted by Crippen LogP contribution is 2.38. The lowest BCUT2D eigenvalue weighted by Gasteiger charge is -2.22. The zero-order valence-electron chi connectivity index (χ0n) is 12.7. The molecule has 23 heavy (non-hydrogen) atoms. The van der Waals surface area contributed by atoms with E-state index in [2.05, 4.69) is 20.6 Å². The molecule has 0 aliphatic carbocycles. The van der Waals surface area contributed by atoms with E-state index in [0.29, 0.717) is 22.5 Å². The number of allylic oxidation sites excluding steroid dienone is 1. The van der Waals surface area contributed by atoms with Gasteiger partial charge in [0.15, 0.2) is 5.13 Å². The maximum absolute atomic E-state index is 12.0. The Balaban J connectivity index is 1.46. The second-order valence-electron chi connectivity index (χ2n) is 5.19. The number of thiazole rings is 1. The van der Waals surface area contributed by atoms with Crippen LogP contribution in [-0.4, -0.2) is 39.5 Å². The van der Waals surface area contributed by atoms with E-state index < -0.39 is 0 Å². The summed E-state index contributed by atoms with van der Waals surface area (Å²) in [5.41, 5.74) is 0. The molecule has 9 heteroatoms. The summed E-state index contributed by atoms with van der Waals surface area (Å²) < 4.78 is 0. The van der Waals surface area contributed by atoms with Crippen molar-refractivity contribution in [2.24, 2.45) is 10.9 Å². The van der Waals surface area contributed by atoms with Gasteiger partial charge in [-0.3, -0.25) is 14.6 Å². The molecule has 0 radical (unpaired) electrons. The number of anilines is 1. The number of aryl methyl sites for hydroxylation is 1. The van der Waals surface area contributed by atoms with Crippen LogP contribution in [0.3, 0.4) is 0 Å². The minimum atomic E-state index is -0.162. The molecular formula is C14H16N4O2S3. The first-order chi connectivity index (χ1) is 11.0. The van der Waals surface area contributed by atoms with Crippen LogP contribution in [-0.2, 0) is 9.59 Å². The second kappa shape index (κ2) is 7.06. The topological polar surface area (TPSA) is 83.5 Å². The van der Waals surface area contributed by atoms with Gasteiger partial charge < -0.3 is 10.6 Å². The number of thioether (sulfide) groups is 2. The number of nitrogens with zero attached hydrogens (tertiary/aromatic N) is 2. The SMILES string of the molecule is CC1=C[C@@H]2C(=O)NC(CSCC(=O)Nc3ncc(C)s3)=N[C@H]2S1. The van der Waals surface area contributed by atoms with Gasteiger partial charge in [0.25, 0.3) is 0 Å². The number of carbonyl (C=O) groups is 2. The van der Waals surface area contributed by atoms with Gasteiger partial charge in [-0.25, -0.2) is 4.98 Å². The van der Waals surface area contributed by atoms with Crippen molar-refractivity contribution >= 4 is 57.6 Å². The quantitative estimate of drug-likeness (QED) is 0.833. The van der Waals surface area contributed by atoms with Crippen LogP contribution in [0.15, 0.2) is 22.2 Å². The molecule has 0 aromatic carbocycles. The van der Waals surface area contributed by atoms with Crippen molar-refractivity contribution in [3.05, 3.63) is 22.1 Å². The summed E-state index contributed by atoms with van der Waals surface area (Å²) in [5.74, 6) is 1.19. The first-order valence-electron chi connectivity index (χ1n) is 7.04. The molecule has 2 amide bonds. The monoisotopic (exact) mass is 368 g/mol. The minimum absolute atomic E-state index is 0.00679. The van der Waals surface area contributed by atoms with E-state index in [9.17, 15) is 9.59 Å². The van der Waals surface area contributed by atoms with Gasteiger partial charge in [0.2, 0.25) is 11.8 Å². The molecular weight excluding hydrogens is 352 g/mol. The van der Waals surface area contributed by atoms with Gasteiger partial charge in [-0.15, -0.1) is 34.9 Å². The largest absolute Gasteiger partial charge is 0.313 e. The molecule has 0 spiro atoms. The molecule has 2 N–H and O–H groups in total. The molecule has 2 aliphatic heterocycles. The van der Waals surface area contributed by atoms with Gasteiger partial charge in [-0.05, 0) is 18.8 Å². The van der Waals surface area contributed by atoms with E-state index in [0.717, 1.165) is 9.78 Å². The zero-order chi connectivity index (χ0) is 16.4. The number of aliphatic imine (C=N–C) groups is 1. The highest BCUT2D eigenvalue weighted by molar-refractivity contribution is 8.04. The Hall–Kier alpha value is -1.32. The van der Waals surface area contributed by atoms with Crippen molar-refractivity contribution in [2.45, 2.75) is 19.2 Å². The molecule has 1 aromatic rings. The average Bonchev–Trinajstić information content (AvgIpc) is 3.04. The Bertz CT molecular complexity index is 698. The number of hydrogen-bond donors (Lipinski definition) is 2. The maximum atomic E-state index is 12.0. The van der Waals surface area contributed by atoms with E-state index in [1.54, 1.807) is 18.0 Å². The summed E-state index contributed by atoms with van der Waals surface area (Å²) in [6, 6.07) is 0. The van der Waals surface area contributed by atoms with Gasteiger partial charge in [0, 0.05) is 11.1 Å². The molecule has 6 nitrogen and oxygen atoms in total. The maximum Gasteiger partial charge on any atom is 0.236 e. The van der Waals surface area contributed by atoms with Crippen LogP contribution < -0.4 is 10.6 Å². The number of nitrogens with one attached hydrogen (secondary N) is 2. The van der Waals surface area contributed by atoms with Gasteiger partial charge in [0.05, 0.1) is 17.4 Å².